The van der Waals surface area contributed by atoms with Crippen LogP contribution in [0.1, 0.15) is 26.3 Å². The molecule has 0 aliphatic carbocycles. The Kier molecular flexibility index (Phi) is 7.05. The van der Waals surface area contributed by atoms with Gasteiger partial charge in [0.25, 0.3) is 0 Å². The van der Waals surface area contributed by atoms with Gasteiger partial charge in [0.05, 0.1) is 25.3 Å². The van der Waals surface area contributed by atoms with Crippen LogP contribution in [0.3, 0.4) is 0 Å². The molecule has 3 aromatic carbocycles. The molecule has 0 unspecified atom stereocenters. The number of rotatable bonds is 7. The molecule has 158 valence electrons. The quantitative estimate of drug-likeness (QED) is 0.207. The highest BCUT2D eigenvalue weighted by atomic mass is 35.5. The number of methoxy groups -OCH3 is 2. The van der Waals surface area contributed by atoms with Gasteiger partial charge in [-0.3, -0.25) is 4.79 Å². The van der Waals surface area contributed by atoms with Crippen molar-refractivity contribution in [3.63, 3.8) is 0 Å². The first kappa shape index (κ1) is 22.1. The normalized spacial score (nSPS) is 10.7. The zero-order chi connectivity index (χ0) is 22.4. The number of halogens is 2. The summed E-state index contributed by atoms with van der Waals surface area (Å²) in [6.07, 6.45) is 2.75. The van der Waals surface area contributed by atoms with E-state index in [9.17, 15) is 14.0 Å². The van der Waals surface area contributed by atoms with E-state index in [4.69, 9.17) is 25.8 Å². The third kappa shape index (κ3) is 5.29. The van der Waals surface area contributed by atoms with Gasteiger partial charge in [-0.25, -0.2) is 9.18 Å². The number of hydrogen-bond donors (Lipinski definition) is 0. The highest BCUT2D eigenvalue weighted by Gasteiger charge is 2.18. The Morgan fingerprint density at radius 3 is 2.32 bits per heavy atom. The summed E-state index contributed by atoms with van der Waals surface area (Å²) in [5, 5.41) is 0.464. The van der Waals surface area contributed by atoms with E-state index in [1.54, 1.807) is 30.3 Å². The van der Waals surface area contributed by atoms with E-state index in [1.807, 2.05) is 0 Å². The van der Waals surface area contributed by atoms with Gasteiger partial charge in [0.1, 0.15) is 11.6 Å². The average molecular weight is 441 g/mol. The van der Waals surface area contributed by atoms with Crippen molar-refractivity contribution in [3.8, 4) is 17.2 Å². The molecule has 0 N–H and O–H groups in total. The van der Waals surface area contributed by atoms with E-state index in [0.29, 0.717) is 22.1 Å². The SMILES string of the molecule is COc1ccc(C(=O)Oc2ccc(F)cc2C(=O)C=Cc2ccccc2Cl)cc1OC. The van der Waals surface area contributed by atoms with Crippen molar-refractivity contribution >= 4 is 29.4 Å². The third-order valence-corrected chi connectivity index (χ3v) is 4.69. The van der Waals surface area contributed by atoms with Crippen LogP contribution >= 0.6 is 11.6 Å². The molecule has 0 bridgehead atoms. The smallest absolute Gasteiger partial charge is 0.343 e. The fraction of sp³-hybridized carbons (Fsp3) is 0.0833. The van der Waals surface area contributed by atoms with Crippen LogP contribution in [0, 0.1) is 5.82 Å². The van der Waals surface area contributed by atoms with Crippen LogP contribution in [-0.2, 0) is 0 Å². The molecule has 3 aromatic rings. The predicted molar refractivity (Wildman–Crippen MR) is 116 cm³/mol. The Hall–Kier alpha value is -3.64. The molecule has 0 amide bonds. The van der Waals surface area contributed by atoms with Gasteiger partial charge in [0, 0.05) is 5.02 Å². The number of ether oxygens (including phenoxy) is 3. The number of ketones is 1. The molecule has 7 heteroatoms. The van der Waals surface area contributed by atoms with Gasteiger partial charge in [-0.1, -0.05) is 29.8 Å². The minimum atomic E-state index is -0.739. The molecule has 0 spiro atoms. The second-order valence-corrected chi connectivity index (χ2v) is 6.73. The summed E-state index contributed by atoms with van der Waals surface area (Å²) in [6.45, 7) is 0. The van der Waals surface area contributed by atoms with Crippen molar-refractivity contribution in [2.24, 2.45) is 0 Å². The van der Waals surface area contributed by atoms with E-state index in [-0.39, 0.29) is 16.9 Å². The molecule has 0 aliphatic rings. The molecule has 0 heterocycles. The lowest BCUT2D eigenvalue weighted by Crippen LogP contribution is -2.11. The fourth-order valence-electron chi connectivity index (χ4n) is 2.77. The number of carbonyl (C=O) groups is 2. The first-order valence-electron chi connectivity index (χ1n) is 9.13. The van der Waals surface area contributed by atoms with E-state index < -0.39 is 17.6 Å². The Morgan fingerprint density at radius 1 is 0.903 bits per heavy atom. The predicted octanol–water partition coefficient (Wildman–Crippen LogP) is 5.61. The number of carbonyl (C=O) groups excluding carboxylic acids is 2. The van der Waals surface area contributed by atoms with Gasteiger partial charge >= 0.3 is 5.97 Å². The molecule has 3 rings (SSSR count). The van der Waals surface area contributed by atoms with Gasteiger partial charge in [-0.05, 0) is 60.2 Å². The van der Waals surface area contributed by atoms with Gasteiger partial charge in [0.2, 0.25) is 0 Å². The first-order chi connectivity index (χ1) is 14.9. The molecule has 0 aliphatic heterocycles. The second kappa shape index (κ2) is 9.91. The van der Waals surface area contributed by atoms with Crippen LogP contribution in [0.5, 0.6) is 17.2 Å². The summed E-state index contributed by atoms with van der Waals surface area (Å²) < 4.78 is 29.5. The molecule has 5 nitrogen and oxygen atoms in total. The van der Waals surface area contributed by atoms with Crippen molar-refractivity contribution in [2.75, 3.05) is 14.2 Å². The molecular weight excluding hydrogens is 423 g/mol. The molecule has 31 heavy (non-hydrogen) atoms. The van der Waals surface area contributed by atoms with Crippen LogP contribution in [0.4, 0.5) is 4.39 Å². The van der Waals surface area contributed by atoms with Crippen LogP contribution in [-0.4, -0.2) is 26.0 Å². The van der Waals surface area contributed by atoms with Gasteiger partial charge in [0.15, 0.2) is 17.3 Å². The topological polar surface area (TPSA) is 61.8 Å². The summed E-state index contributed by atoms with van der Waals surface area (Å²) in [5.74, 6) is -1.21. The van der Waals surface area contributed by atoms with Crippen molar-refractivity contribution in [2.45, 2.75) is 0 Å². The van der Waals surface area contributed by atoms with Crippen LogP contribution in [0.2, 0.25) is 5.02 Å². The zero-order valence-electron chi connectivity index (χ0n) is 16.7. The molecule has 0 saturated carbocycles. The maximum Gasteiger partial charge on any atom is 0.343 e. The van der Waals surface area contributed by atoms with E-state index in [0.717, 1.165) is 12.1 Å². The first-order valence-corrected chi connectivity index (χ1v) is 9.51. The third-order valence-electron chi connectivity index (χ3n) is 4.35. The van der Waals surface area contributed by atoms with Crippen molar-refractivity contribution in [1.29, 1.82) is 0 Å². The lowest BCUT2D eigenvalue weighted by Gasteiger charge is -2.11. The van der Waals surface area contributed by atoms with Crippen LogP contribution in [0.15, 0.2) is 66.7 Å². The number of allylic oxidation sites excluding steroid dienone is 1. The minimum Gasteiger partial charge on any atom is -0.493 e. The minimum absolute atomic E-state index is 0.0741. The van der Waals surface area contributed by atoms with Crippen molar-refractivity contribution < 1.29 is 28.2 Å². The lowest BCUT2D eigenvalue weighted by molar-refractivity contribution is 0.0732. The largest absolute Gasteiger partial charge is 0.493 e. The second-order valence-electron chi connectivity index (χ2n) is 6.32. The molecule has 0 fully saturated rings. The van der Waals surface area contributed by atoms with Crippen molar-refractivity contribution in [1.82, 2.24) is 0 Å². The standard InChI is InChI=1S/C24H18ClFO5/c1-29-22-11-8-16(13-23(22)30-2)24(28)31-21-12-9-17(26)14-18(21)20(27)10-7-15-5-3-4-6-19(15)25/h3-14H,1-2H3. The van der Waals surface area contributed by atoms with Crippen molar-refractivity contribution in [3.05, 3.63) is 94.3 Å². The number of benzene rings is 3. The summed E-state index contributed by atoms with van der Waals surface area (Å²) >= 11 is 6.08. The summed E-state index contributed by atoms with van der Waals surface area (Å²) in [6, 6.07) is 14.8. The van der Waals surface area contributed by atoms with E-state index in [1.165, 1.54) is 44.6 Å². The summed E-state index contributed by atoms with van der Waals surface area (Å²) in [7, 11) is 2.91. The monoisotopic (exact) mass is 440 g/mol. The molecule has 0 atom stereocenters. The molecule has 0 aromatic heterocycles. The number of esters is 1. The highest BCUT2D eigenvalue weighted by Crippen LogP contribution is 2.29. The Morgan fingerprint density at radius 2 is 1.61 bits per heavy atom. The van der Waals surface area contributed by atoms with E-state index in [2.05, 4.69) is 0 Å². The van der Waals surface area contributed by atoms with Gasteiger partial charge in [-0.2, -0.15) is 0 Å². The Labute approximate surface area is 183 Å². The Balaban J connectivity index is 1.87. The van der Waals surface area contributed by atoms with Gasteiger partial charge in [-0.15, -0.1) is 0 Å². The number of hydrogen-bond acceptors (Lipinski definition) is 5. The van der Waals surface area contributed by atoms with Crippen LogP contribution in [0.25, 0.3) is 6.08 Å². The molecule has 0 saturated heterocycles. The maximum atomic E-state index is 13.8. The average Bonchev–Trinajstić information content (AvgIpc) is 2.78. The van der Waals surface area contributed by atoms with E-state index >= 15 is 0 Å². The lowest BCUT2D eigenvalue weighted by atomic mass is 10.1. The Bertz CT molecular complexity index is 1160. The zero-order valence-corrected chi connectivity index (χ0v) is 17.5. The van der Waals surface area contributed by atoms with Crippen LogP contribution < -0.4 is 14.2 Å². The summed E-state index contributed by atoms with van der Waals surface area (Å²) in [4.78, 5) is 25.3. The van der Waals surface area contributed by atoms with Gasteiger partial charge < -0.3 is 14.2 Å². The fourth-order valence-corrected chi connectivity index (χ4v) is 2.97. The highest BCUT2D eigenvalue weighted by molar-refractivity contribution is 6.32. The molecular formula is C24H18ClFO5. The maximum absolute atomic E-state index is 13.8. The molecule has 0 radical (unpaired) electrons. The summed E-state index contributed by atoms with van der Waals surface area (Å²) in [5.41, 5.74) is 0.696.